The third-order valence-electron chi connectivity index (χ3n) is 2.58. The minimum absolute atomic E-state index is 0.101. The van der Waals surface area contributed by atoms with Crippen molar-refractivity contribution in [2.24, 2.45) is 5.92 Å². The van der Waals surface area contributed by atoms with Gasteiger partial charge in [0.1, 0.15) is 0 Å². The normalized spacial score (nSPS) is 21.1. The topological polar surface area (TPSA) is 29.1 Å². The summed E-state index contributed by atoms with van der Waals surface area (Å²) in [6.07, 6.45) is -3.20. The van der Waals surface area contributed by atoms with E-state index in [0.29, 0.717) is 19.4 Å². The van der Waals surface area contributed by atoms with Crippen LogP contribution in [0.25, 0.3) is 0 Å². The molecule has 1 rings (SSSR count). The molecule has 1 amide bonds. The van der Waals surface area contributed by atoms with Crippen LogP contribution < -0.4 is 5.32 Å². The summed E-state index contributed by atoms with van der Waals surface area (Å²) in [6, 6.07) is 0. The molecule has 0 saturated carbocycles. The Morgan fingerprint density at radius 2 is 2.00 bits per heavy atom. The van der Waals surface area contributed by atoms with Crippen molar-refractivity contribution >= 4 is 6.41 Å². The molecule has 1 N–H and O–H groups in total. The first-order valence-corrected chi connectivity index (χ1v) is 5.19. The van der Waals surface area contributed by atoms with Crippen LogP contribution in [0.5, 0.6) is 0 Å². The van der Waals surface area contributed by atoms with Crippen molar-refractivity contribution in [2.75, 3.05) is 6.54 Å². The largest absolute Gasteiger partial charge is 0.416 e. The Balaban J connectivity index is 3.00. The number of nitrogens with one attached hydrogen (secondary N) is 1. The van der Waals surface area contributed by atoms with Crippen LogP contribution in [0.3, 0.4) is 0 Å². The molecule has 0 aromatic rings. The third kappa shape index (κ3) is 3.82. The Morgan fingerprint density at radius 3 is 2.44 bits per heavy atom. The second kappa shape index (κ2) is 5.07. The van der Waals surface area contributed by atoms with E-state index in [-0.39, 0.29) is 13.0 Å². The highest BCUT2D eigenvalue weighted by molar-refractivity contribution is 5.46. The molecule has 0 spiro atoms. The average molecular weight is 269 g/mol. The lowest BCUT2D eigenvalue weighted by molar-refractivity contribution is -0.109. The maximum absolute atomic E-state index is 13.1. The van der Waals surface area contributed by atoms with E-state index in [4.69, 9.17) is 0 Å². The molecule has 1 aliphatic carbocycles. The first-order valence-electron chi connectivity index (χ1n) is 5.19. The molecule has 0 fully saturated rings. The number of alkyl halides is 5. The van der Waals surface area contributed by atoms with Gasteiger partial charge in [-0.15, -0.1) is 0 Å². The summed E-state index contributed by atoms with van der Waals surface area (Å²) in [7, 11) is 0. The van der Waals surface area contributed by atoms with Gasteiger partial charge in [-0.3, -0.25) is 4.79 Å². The third-order valence-corrected chi connectivity index (χ3v) is 2.58. The standard InChI is InChI=1S/C11H12F5NO/c1-10(12,13)8-2-7(5-17-6-18)3-9(4-8)11(14,15)16/h3-4,6-7H,2,5H2,1H3,(H,17,18). The van der Waals surface area contributed by atoms with Crippen LogP contribution in [-0.2, 0) is 4.79 Å². The first kappa shape index (κ1) is 14.7. The molecule has 0 aromatic carbocycles. The van der Waals surface area contributed by atoms with Crippen molar-refractivity contribution in [3.8, 4) is 0 Å². The number of carbonyl (C=O) groups excluding carboxylic acids is 1. The Bertz CT molecular complexity index is 378. The second-order valence-corrected chi connectivity index (χ2v) is 4.17. The highest BCUT2D eigenvalue weighted by Gasteiger charge is 2.39. The maximum atomic E-state index is 13.1. The van der Waals surface area contributed by atoms with E-state index < -0.39 is 29.2 Å². The van der Waals surface area contributed by atoms with Crippen LogP contribution in [0, 0.1) is 5.92 Å². The van der Waals surface area contributed by atoms with Gasteiger partial charge >= 0.3 is 6.18 Å². The molecule has 1 atom stereocenters. The first-order chi connectivity index (χ1) is 8.14. The van der Waals surface area contributed by atoms with E-state index in [1.807, 2.05) is 0 Å². The van der Waals surface area contributed by atoms with Gasteiger partial charge in [0.05, 0.1) is 5.57 Å². The molecule has 102 valence electrons. The van der Waals surface area contributed by atoms with Crippen LogP contribution in [0.4, 0.5) is 22.0 Å². The van der Waals surface area contributed by atoms with E-state index >= 15 is 0 Å². The fourth-order valence-electron chi connectivity index (χ4n) is 1.70. The van der Waals surface area contributed by atoms with E-state index in [9.17, 15) is 26.7 Å². The second-order valence-electron chi connectivity index (χ2n) is 4.17. The predicted molar refractivity (Wildman–Crippen MR) is 55.0 cm³/mol. The van der Waals surface area contributed by atoms with E-state index in [2.05, 4.69) is 5.32 Å². The van der Waals surface area contributed by atoms with Gasteiger partial charge in [-0.25, -0.2) is 8.78 Å². The van der Waals surface area contributed by atoms with Gasteiger partial charge in [0.15, 0.2) is 0 Å². The lowest BCUT2D eigenvalue weighted by Gasteiger charge is -2.25. The molecule has 7 heteroatoms. The van der Waals surface area contributed by atoms with Gasteiger partial charge in [0.25, 0.3) is 5.92 Å². The van der Waals surface area contributed by atoms with Crippen LogP contribution in [0.2, 0.25) is 0 Å². The minimum Gasteiger partial charge on any atom is -0.358 e. The molecule has 1 aliphatic rings. The lowest BCUT2D eigenvalue weighted by Crippen LogP contribution is -2.28. The number of hydrogen-bond acceptors (Lipinski definition) is 1. The molecule has 1 unspecified atom stereocenters. The van der Waals surface area contributed by atoms with Crippen LogP contribution in [0.15, 0.2) is 23.3 Å². The van der Waals surface area contributed by atoms with Gasteiger partial charge < -0.3 is 5.32 Å². The molecular formula is C11H12F5NO. The van der Waals surface area contributed by atoms with E-state index in [1.165, 1.54) is 0 Å². The number of allylic oxidation sites excluding steroid dienone is 3. The summed E-state index contributed by atoms with van der Waals surface area (Å²) in [5.41, 5.74) is -1.67. The van der Waals surface area contributed by atoms with Crippen molar-refractivity contribution in [1.82, 2.24) is 5.32 Å². The Kier molecular flexibility index (Phi) is 4.13. The summed E-state index contributed by atoms with van der Waals surface area (Å²) >= 11 is 0. The molecule has 0 radical (unpaired) electrons. The van der Waals surface area contributed by atoms with Crippen molar-refractivity contribution < 1.29 is 26.7 Å². The van der Waals surface area contributed by atoms with Gasteiger partial charge in [-0.1, -0.05) is 6.08 Å². The molecule has 0 heterocycles. The van der Waals surface area contributed by atoms with Crippen molar-refractivity contribution in [3.05, 3.63) is 23.3 Å². The smallest absolute Gasteiger partial charge is 0.358 e. The quantitative estimate of drug-likeness (QED) is 0.617. The molecular weight excluding hydrogens is 257 g/mol. The minimum atomic E-state index is -4.67. The monoisotopic (exact) mass is 269 g/mol. The van der Waals surface area contributed by atoms with Crippen molar-refractivity contribution in [3.63, 3.8) is 0 Å². The van der Waals surface area contributed by atoms with E-state index in [0.717, 1.165) is 6.08 Å². The van der Waals surface area contributed by atoms with E-state index in [1.54, 1.807) is 0 Å². The number of hydrogen-bond donors (Lipinski definition) is 1. The van der Waals surface area contributed by atoms with Gasteiger partial charge in [-0.2, -0.15) is 13.2 Å². The zero-order valence-electron chi connectivity index (χ0n) is 9.52. The number of amides is 1. The molecule has 0 bridgehead atoms. The van der Waals surface area contributed by atoms with Crippen molar-refractivity contribution in [1.29, 1.82) is 0 Å². The molecule has 18 heavy (non-hydrogen) atoms. The highest BCUT2D eigenvalue weighted by Crippen LogP contribution is 2.38. The Morgan fingerprint density at radius 1 is 1.39 bits per heavy atom. The summed E-state index contributed by atoms with van der Waals surface area (Å²) in [5.74, 6) is -4.08. The molecule has 0 aliphatic heterocycles. The highest BCUT2D eigenvalue weighted by atomic mass is 19.4. The van der Waals surface area contributed by atoms with Crippen LogP contribution >= 0.6 is 0 Å². The summed E-state index contributed by atoms with van der Waals surface area (Å²) in [4.78, 5) is 10.1. The summed E-state index contributed by atoms with van der Waals surface area (Å²) < 4.78 is 63.9. The number of rotatable bonds is 4. The molecule has 0 saturated heterocycles. The zero-order chi connectivity index (χ0) is 14.0. The van der Waals surface area contributed by atoms with Gasteiger partial charge in [0.2, 0.25) is 6.41 Å². The summed E-state index contributed by atoms with van der Waals surface area (Å²) in [6.45, 7) is 0.457. The molecule has 0 aromatic heterocycles. The molecule has 2 nitrogen and oxygen atoms in total. The average Bonchev–Trinajstić information content (AvgIpc) is 2.23. The number of carbonyl (C=O) groups is 1. The van der Waals surface area contributed by atoms with Gasteiger partial charge in [-0.05, 0) is 24.0 Å². The lowest BCUT2D eigenvalue weighted by atomic mass is 9.87. The van der Waals surface area contributed by atoms with Gasteiger partial charge in [0, 0.05) is 13.5 Å². The number of halogens is 5. The zero-order valence-corrected chi connectivity index (χ0v) is 9.52. The maximum Gasteiger partial charge on any atom is 0.416 e. The SMILES string of the molecule is CC(F)(F)C1=CC(C(F)(F)F)=CC(CNC=O)C1. The fourth-order valence-corrected chi connectivity index (χ4v) is 1.70. The fraction of sp³-hybridized carbons (Fsp3) is 0.545. The van der Waals surface area contributed by atoms with Crippen molar-refractivity contribution in [2.45, 2.75) is 25.4 Å². The Labute approximate surface area is 101 Å². The summed E-state index contributed by atoms with van der Waals surface area (Å²) in [5, 5.41) is 2.20. The van der Waals surface area contributed by atoms with Crippen LogP contribution in [0.1, 0.15) is 13.3 Å². The predicted octanol–water partition coefficient (Wildman–Crippen LogP) is 2.82. The van der Waals surface area contributed by atoms with Crippen LogP contribution in [-0.4, -0.2) is 25.1 Å². The Hall–Kier alpha value is -1.40.